The second-order valence-electron chi connectivity index (χ2n) is 17.3. The number of carboxylic acids is 2. The van der Waals surface area contributed by atoms with Crippen LogP contribution in [0.5, 0.6) is 23.0 Å². The number of aliphatic hydroxyl groups is 2. The van der Waals surface area contributed by atoms with Crippen molar-refractivity contribution < 1.29 is 54.9 Å². The van der Waals surface area contributed by atoms with Crippen LogP contribution in [0.3, 0.4) is 0 Å². The number of nitrogens with one attached hydrogen (secondary N) is 3. The number of phenolic OH excluding ortho intramolecular Hbond substituents is 3. The van der Waals surface area contributed by atoms with E-state index in [1.165, 1.54) is 24.8 Å². The number of allylic oxidation sites excluding steroid dienone is 4. The summed E-state index contributed by atoms with van der Waals surface area (Å²) in [4.78, 5) is 34.7. The number of phenols is 3. The summed E-state index contributed by atoms with van der Waals surface area (Å²) in [5, 5.41) is 76.5. The van der Waals surface area contributed by atoms with Crippen LogP contribution < -0.4 is 26.4 Å². The van der Waals surface area contributed by atoms with E-state index in [0.29, 0.717) is 56.9 Å². The maximum absolute atomic E-state index is 12.8. The van der Waals surface area contributed by atoms with Gasteiger partial charge < -0.3 is 62.2 Å². The summed E-state index contributed by atoms with van der Waals surface area (Å²) in [6.07, 6.45) is 9.98. The summed E-state index contributed by atoms with van der Waals surface area (Å²) in [5.74, 6) is -1.05. The number of carbonyl (C=O) groups is 3. The number of aryl methyl sites for hydroxylation is 2. The van der Waals surface area contributed by atoms with E-state index in [2.05, 4.69) is 48.2 Å². The Morgan fingerprint density at radius 3 is 1.96 bits per heavy atom. The van der Waals surface area contributed by atoms with Gasteiger partial charge >= 0.3 is 11.9 Å². The van der Waals surface area contributed by atoms with Gasteiger partial charge in [-0.3, -0.25) is 14.4 Å². The van der Waals surface area contributed by atoms with Gasteiger partial charge in [0.1, 0.15) is 23.0 Å². The zero-order valence-corrected chi connectivity index (χ0v) is 41.6. The molecule has 69 heavy (non-hydrogen) atoms. The van der Waals surface area contributed by atoms with Crippen molar-refractivity contribution in [3.8, 4) is 23.0 Å². The highest BCUT2D eigenvalue weighted by molar-refractivity contribution is 5.86. The number of hydrogen-bond donors (Lipinski definition) is 11. The highest BCUT2D eigenvalue weighted by Crippen LogP contribution is 2.27. The number of rotatable bonds is 30. The first-order valence-electron chi connectivity index (χ1n) is 24.0. The van der Waals surface area contributed by atoms with Crippen LogP contribution in [-0.4, -0.2) is 110 Å². The van der Waals surface area contributed by atoms with Crippen LogP contribution in [0.2, 0.25) is 0 Å². The zero-order chi connectivity index (χ0) is 51.9. The van der Waals surface area contributed by atoms with E-state index in [9.17, 15) is 39.9 Å². The first-order chi connectivity index (χ1) is 32.8. The van der Waals surface area contributed by atoms with E-state index in [-0.39, 0.29) is 48.1 Å². The number of ether oxygens (including phenoxy) is 1. The van der Waals surface area contributed by atoms with E-state index in [1.54, 1.807) is 43.3 Å². The van der Waals surface area contributed by atoms with Crippen molar-refractivity contribution in [3.63, 3.8) is 0 Å². The highest BCUT2D eigenvalue weighted by atomic mass is 16.5. The van der Waals surface area contributed by atoms with Gasteiger partial charge in [-0.15, -0.1) is 0 Å². The van der Waals surface area contributed by atoms with E-state index in [0.717, 1.165) is 42.4 Å². The summed E-state index contributed by atoms with van der Waals surface area (Å²) in [5.41, 5.74) is 9.12. The molecule has 0 saturated carbocycles. The number of aliphatic hydroxyl groups excluding tert-OH is 2. The van der Waals surface area contributed by atoms with E-state index >= 15 is 0 Å². The predicted molar refractivity (Wildman–Crippen MR) is 274 cm³/mol. The Bertz CT molecular complexity index is 2000. The van der Waals surface area contributed by atoms with Crippen molar-refractivity contribution in [2.24, 2.45) is 11.7 Å². The molecule has 0 radical (unpaired) electrons. The van der Waals surface area contributed by atoms with E-state index in [4.69, 9.17) is 20.7 Å². The fraction of sp³-hybridized carbons (Fsp3) is 0.500. The lowest BCUT2D eigenvalue weighted by Gasteiger charge is -2.27. The third kappa shape index (κ3) is 24.9. The van der Waals surface area contributed by atoms with Gasteiger partial charge in [0.25, 0.3) is 0 Å². The fourth-order valence-electron chi connectivity index (χ4n) is 7.63. The number of aliphatic carboxylic acids is 2. The summed E-state index contributed by atoms with van der Waals surface area (Å²) >= 11 is 0. The lowest BCUT2D eigenvalue weighted by atomic mass is 9.88. The molecule has 0 aromatic heterocycles. The van der Waals surface area contributed by atoms with Crippen LogP contribution in [0.4, 0.5) is 0 Å². The standard InChI is InChI=1S/C27H40N2O6.C18H29NO3.C9H13NO2/c1-6-10-19(7-2)20(8-3)15-24(30)18(4)29-27(34)23(17-26(32)33)28-14-9-11-21-12-13-22(35-5)16-25(21)31;1-4-15(16-8-6-5-7-9-16)12-17(20)14(3)19-13(2)10-11-18(21)22;10-5-1-2-7-3-4-8(11)6-9(7)12/h6-7,10,12-13,16,18,20,23-24,28,30-31H,1-2,8-9,11,14-15,17H2,3-5H3,(H,29,34)(H,32,33);5-9,13-15,17,19-20H,4,10-12H2,1-3H3,(H,21,22);3-4,6,11-12H,1-2,5,10H2/b19-10+;;. The number of carboxylic acid groups (broad SMARTS) is 2. The maximum Gasteiger partial charge on any atom is 0.305 e. The molecular formula is C54H82N4O11. The van der Waals surface area contributed by atoms with Crippen LogP contribution in [0.15, 0.2) is 104 Å². The zero-order valence-electron chi connectivity index (χ0n) is 41.6. The SMILES string of the molecule is C=C/C=C(\C=C)C(CC)CC(O)C(C)NC(=O)C(CC(=O)O)NCCCc1ccc(OC)cc1O.CCC(CC(O)C(C)NC(C)CCC(=O)O)c1ccccc1.NCCCc1ccc(O)cc1O. The summed E-state index contributed by atoms with van der Waals surface area (Å²) in [6.45, 7) is 18.3. The molecule has 0 bridgehead atoms. The summed E-state index contributed by atoms with van der Waals surface area (Å²) in [6, 6.07) is 18.4. The van der Waals surface area contributed by atoms with Crippen LogP contribution in [0.25, 0.3) is 0 Å². The Labute approximate surface area is 410 Å². The number of benzene rings is 3. The quantitative estimate of drug-likeness (QED) is 0.0228. The lowest BCUT2D eigenvalue weighted by Crippen LogP contribution is -2.51. The molecule has 8 unspecified atom stereocenters. The van der Waals surface area contributed by atoms with Crippen molar-refractivity contribution in [2.75, 3.05) is 20.2 Å². The topological polar surface area (TPSA) is 264 Å². The molecule has 0 heterocycles. The van der Waals surface area contributed by atoms with Crippen molar-refractivity contribution in [1.29, 1.82) is 0 Å². The Morgan fingerprint density at radius 2 is 1.42 bits per heavy atom. The van der Waals surface area contributed by atoms with E-state index in [1.807, 2.05) is 45.0 Å². The molecule has 384 valence electrons. The molecular weight excluding hydrogens is 881 g/mol. The van der Waals surface area contributed by atoms with Gasteiger partial charge in [-0.05, 0) is 138 Å². The lowest BCUT2D eigenvalue weighted by molar-refractivity contribution is -0.140. The molecule has 3 rings (SSSR count). The molecule has 15 nitrogen and oxygen atoms in total. The van der Waals surface area contributed by atoms with Gasteiger partial charge in [-0.1, -0.05) is 87.7 Å². The summed E-state index contributed by atoms with van der Waals surface area (Å²) in [7, 11) is 1.52. The summed E-state index contributed by atoms with van der Waals surface area (Å²) < 4.78 is 5.07. The monoisotopic (exact) mass is 963 g/mol. The minimum absolute atomic E-state index is 0.0541. The molecule has 0 aliphatic rings. The maximum atomic E-state index is 12.8. The highest BCUT2D eigenvalue weighted by Gasteiger charge is 2.27. The third-order valence-electron chi connectivity index (χ3n) is 11.9. The molecule has 1 amide bonds. The number of hydrogen-bond acceptors (Lipinski definition) is 12. The fourth-order valence-corrected chi connectivity index (χ4v) is 7.63. The Hall–Kier alpha value is -5.71. The van der Waals surface area contributed by atoms with Crippen molar-refractivity contribution in [1.82, 2.24) is 16.0 Å². The van der Waals surface area contributed by atoms with Crippen molar-refractivity contribution >= 4 is 17.8 Å². The molecule has 0 aliphatic carbocycles. The van der Waals surface area contributed by atoms with Gasteiger partial charge in [0.2, 0.25) is 5.91 Å². The van der Waals surface area contributed by atoms with Gasteiger partial charge in [-0.25, -0.2) is 0 Å². The van der Waals surface area contributed by atoms with Crippen molar-refractivity contribution in [3.05, 3.63) is 120 Å². The molecule has 3 aromatic rings. The molecule has 12 N–H and O–H groups in total. The van der Waals surface area contributed by atoms with Gasteiger partial charge in [0, 0.05) is 30.6 Å². The number of aromatic hydroxyl groups is 3. The van der Waals surface area contributed by atoms with Gasteiger partial charge in [0.15, 0.2) is 0 Å². The van der Waals surface area contributed by atoms with Gasteiger partial charge in [0.05, 0.1) is 37.8 Å². The average molecular weight is 963 g/mol. The Morgan fingerprint density at radius 1 is 0.797 bits per heavy atom. The molecule has 8 atom stereocenters. The molecule has 0 aliphatic heterocycles. The number of carbonyl (C=O) groups excluding carboxylic acids is 1. The molecule has 15 heteroatoms. The predicted octanol–water partition coefficient (Wildman–Crippen LogP) is 7.50. The number of amides is 1. The molecule has 3 aromatic carbocycles. The minimum atomic E-state index is -1.10. The first-order valence-corrected chi connectivity index (χ1v) is 24.0. The molecule has 0 spiro atoms. The van der Waals surface area contributed by atoms with Crippen LogP contribution in [0, 0.1) is 5.92 Å². The average Bonchev–Trinajstić information content (AvgIpc) is 3.32. The molecule has 0 fully saturated rings. The van der Waals surface area contributed by atoms with Crippen LogP contribution in [-0.2, 0) is 27.2 Å². The number of methoxy groups -OCH3 is 1. The Balaban J connectivity index is 0.000000589. The van der Waals surface area contributed by atoms with Crippen LogP contribution >= 0.6 is 0 Å². The largest absolute Gasteiger partial charge is 0.508 e. The molecule has 0 saturated heterocycles. The van der Waals surface area contributed by atoms with E-state index < -0.39 is 42.1 Å². The first kappa shape index (κ1) is 61.3. The second-order valence-corrected chi connectivity index (χ2v) is 17.3. The third-order valence-corrected chi connectivity index (χ3v) is 11.9. The smallest absolute Gasteiger partial charge is 0.305 e. The van der Waals surface area contributed by atoms with Crippen molar-refractivity contribution in [2.45, 2.75) is 148 Å². The minimum Gasteiger partial charge on any atom is -0.508 e. The second kappa shape index (κ2) is 34.6. The normalized spacial score (nSPS) is 14.7. The Kier molecular flexibility index (Phi) is 30.7. The number of nitrogens with two attached hydrogens (primary N) is 1. The van der Waals surface area contributed by atoms with Gasteiger partial charge in [-0.2, -0.15) is 0 Å². The van der Waals surface area contributed by atoms with Crippen LogP contribution in [0.1, 0.15) is 115 Å².